The molecule has 0 saturated carbocycles. The Labute approximate surface area is 331 Å². The van der Waals surface area contributed by atoms with Crippen LogP contribution < -0.4 is 15.4 Å². The average Bonchev–Trinajstić information content (AvgIpc) is 3.67. The smallest absolute Gasteiger partial charge is 0.311 e. The summed E-state index contributed by atoms with van der Waals surface area (Å²) in [6.07, 6.45) is 5.51. The number of carbonyl (C=O) groups is 4. The van der Waals surface area contributed by atoms with Crippen LogP contribution in [0.1, 0.15) is 125 Å². The first-order valence-electron chi connectivity index (χ1n) is 19.9. The molecule has 0 bridgehead atoms. The molecule has 3 aromatic rings. The molecule has 11 nitrogen and oxygen atoms in total. The van der Waals surface area contributed by atoms with E-state index in [4.69, 9.17) is 4.74 Å². The van der Waals surface area contributed by atoms with Crippen molar-refractivity contribution in [1.29, 1.82) is 0 Å². The topological polar surface area (TPSA) is 141 Å². The van der Waals surface area contributed by atoms with Gasteiger partial charge in [-0.25, -0.2) is 4.98 Å². The van der Waals surface area contributed by atoms with E-state index in [0.717, 1.165) is 56.2 Å². The maximum absolute atomic E-state index is 14.8. The van der Waals surface area contributed by atoms with Crippen LogP contribution in [-0.2, 0) is 20.9 Å². The predicted octanol–water partition coefficient (Wildman–Crippen LogP) is 7.68. The molecule has 1 unspecified atom stereocenters. The first kappa shape index (κ1) is 43.6. The van der Waals surface area contributed by atoms with E-state index in [0.29, 0.717) is 30.1 Å². The minimum absolute atomic E-state index is 0.0628. The second-order valence-electron chi connectivity index (χ2n) is 15.3. The molecule has 1 saturated heterocycles. The van der Waals surface area contributed by atoms with Crippen molar-refractivity contribution in [2.24, 2.45) is 11.8 Å². The standard InChI is InChI=1S/C43H61N5O6S/c1-8-10-12-20-38(50)54-37-22-21-29(5)24-32(37)44-40(51)33-27-55-42(45-33)36(49)25-35(28(3)4)48(26-31-17-13-11-14-18-31)43(53)39(30(6)9-2)46-41(52)34-19-15-16-23-47(34)7/h11,13-14,17-18,21-22,24,27-28,30,34-36,39,49H,8-10,12,15-16,19-20,23,25-26H2,1-7H3,(H,44,51)(H,46,52)/t30-,34?,35-,36-,39+/m1/s1. The zero-order chi connectivity index (χ0) is 40.1. The number of likely N-dealkylation sites (N-methyl/N-ethyl adjacent to an activating group) is 1. The predicted molar refractivity (Wildman–Crippen MR) is 218 cm³/mol. The fraction of sp³-hybridized carbons (Fsp3) is 0.558. The number of nitrogens with zero attached hydrogens (tertiary/aromatic N) is 3. The summed E-state index contributed by atoms with van der Waals surface area (Å²) in [6, 6.07) is 13.5. The Hall–Kier alpha value is -4.13. The van der Waals surface area contributed by atoms with Gasteiger partial charge < -0.3 is 25.4 Å². The molecule has 3 N–H and O–H groups in total. The number of ether oxygens (including phenoxy) is 1. The van der Waals surface area contributed by atoms with E-state index in [2.05, 4.69) is 27.4 Å². The molecule has 1 aliphatic rings. The second kappa shape index (κ2) is 21.2. The van der Waals surface area contributed by atoms with E-state index < -0.39 is 24.1 Å². The van der Waals surface area contributed by atoms with Gasteiger partial charge in [-0.05, 0) is 74.9 Å². The van der Waals surface area contributed by atoms with Crippen LogP contribution in [0.2, 0.25) is 0 Å². The molecule has 5 atom stereocenters. The molecule has 1 aromatic heterocycles. The number of aliphatic hydroxyl groups excluding tert-OH is 1. The summed E-state index contributed by atoms with van der Waals surface area (Å²) < 4.78 is 5.60. The number of carbonyl (C=O) groups excluding carboxylic acids is 4. The summed E-state index contributed by atoms with van der Waals surface area (Å²) in [5.41, 5.74) is 2.29. The van der Waals surface area contributed by atoms with E-state index in [1.54, 1.807) is 17.5 Å². The molecule has 0 spiro atoms. The van der Waals surface area contributed by atoms with Gasteiger partial charge in [0.2, 0.25) is 11.8 Å². The highest BCUT2D eigenvalue weighted by molar-refractivity contribution is 7.09. The lowest BCUT2D eigenvalue weighted by molar-refractivity contribution is -0.143. The normalized spacial score (nSPS) is 16.9. The highest BCUT2D eigenvalue weighted by Gasteiger charge is 2.38. The number of hydrogen-bond donors (Lipinski definition) is 3. The second-order valence-corrected chi connectivity index (χ2v) is 16.2. The van der Waals surface area contributed by atoms with Gasteiger partial charge in [0.15, 0.2) is 5.75 Å². The summed E-state index contributed by atoms with van der Waals surface area (Å²) in [7, 11) is 1.96. The molecule has 12 heteroatoms. The van der Waals surface area contributed by atoms with Gasteiger partial charge in [0.1, 0.15) is 22.8 Å². The average molecular weight is 776 g/mol. The summed E-state index contributed by atoms with van der Waals surface area (Å²) in [4.78, 5) is 62.8. The number of nitrogens with one attached hydrogen (secondary N) is 2. The number of piperidine rings is 1. The largest absolute Gasteiger partial charge is 0.424 e. The third kappa shape index (κ3) is 12.4. The summed E-state index contributed by atoms with van der Waals surface area (Å²) >= 11 is 1.17. The first-order chi connectivity index (χ1) is 26.3. The van der Waals surface area contributed by atoms with Crippen molar-refractivity contribution in [3.63, 3.8) is 0 Å². The summed E-state index contributed by atoms with van der Waals surface area (Å²) in [5.74, 6) is -1.10. The van der Waals surface area contributed by atoms with E-state index in [9.17, 15) is 24.3 Å². The number of thiazole rings is 1. The molecule has 4 rings (SSSR count). The molecule has 2 aromatic carbocycles. The minimum atomic E-state index is -1.07. The van der Waals surface area contributed by atoms with Gasteiger partial charge in [-0.1, -0.05) is 96.7 Å². The molecule has 1 fully saturated rings. The van der Waals surface area contributed by atoms with Crippen molar-refractivity contribution in [2.75, 3.05) is 18.9 Å². The number of hydrogen-bond acceptors (Lipinski definition) is 9. The van der Waals surface area contributed by atoms with Gasteiger partial charge in [-0.2, -0.15) is 0 Å². The Kier molecular flexibility index (Phi) is 16.8. The van der Waals surface area contributed by atoms with Crippen LogP contribution in [0.4, 0.5) is 5.69 Å². The number of benzene rings is 2. The number of likely N-dealkylation sites (tertiary alicyclic amines) is 1. The molecular formula is C43H61N5O6S. The fourth-order valence-corrected chi connectivity index (χ4v) is 7.80. The molecule has 55 heavy (non-hydrogen) atoms. The molecule has 3 amide bonds. The zero-order valence-corrected chi connectivity index (χ0v) is 34.5. The van der Waals surface area contributed by atoms with E-state index in [1.165, 1.54) is 11.3 Å². The summed E-state index contributed by atoms with van der Waals surface area (Å²) in [5, 5.41) is 19.6. The lowest BCUT2D eigenvalue weighted by atomic mass is 9.91. The monoisotopic (exact) mass is 775 g/mol. The van der Waals surface area contributed by atoms with Crippen molar-refractivity contribution in [2.45, 2.75) is 130 Å². The Bertz CT molecular complexity index is 1710. The number of aromatic nitrogens is 1. The molecule has 0 aliphatic carbocycles. The third-order valence-electron chi connectivity index (χ3n) is 10.6. The summed E-state index contributed by atoms with van der Waals surface area (Å²) in [6.45, 7) is 13.1. The molecule has 2 heterocycles. The number of esters is 1. The lowest BCUT2D eigenvalue weighted by Crippen LogP contribution is -2.58. The highest BCUT2D eigenvalue weighted by atomic mass is 32.1. The maximum atomic E-state index is 14.8. The minimum Gasteiger partial charge on any atom is -0.424 e. The quantitative estimate of drug-likeness (QED) is 0.0640. The SMILES string of the molecule is CCCCCC(=O)Oc1ccc(C)cc1NC(=O)c1csc([C@H](O)C[C@H](C(C)C)N(Cc2ccccc2)C(=O)[C@@H](NC(=O)C2CCCCN2C)[C@H](C)CC)n1. The Balaban J connectivity index is 1.55. The van der Waals surface area contributed by atoms with Crippen LogP contribution >= 0.6 is 11.3 Å². The number of amides is 3. The van der Waals surface area contributed by atoms with Crippen molar-refractivity contribution in [3.8, 4) is 5.75 Å². The van der Waals surface area contributed by atoms with Gasteiger partial charge >= 0.3 is 5.97 Å². The van der Waals surface area contributed by atoms with Crippen molar-refractivity contribution >= 4 is 40.7 Å². The van der Waals surface area contributed by atoms with Gasteiger partial charge in [-0.3, -0.25) is 24.1 Å². The van der Waals surface area contributed by atoms with Crippen molar-refractivity contribution < 1.29 is 29.0 Å². The molecule has 0 radical (unpaired) electrons. The van der Waals surface area contributed by atoms with Gasteiger partial charge in [-0.15, -0.1) is 11.3 Å². The number of unbranched alkanes of at least 4 members (excludes halogenated alkanes) is 2. The Morgan fingerprint density at radius 2 is 1.80 bits per heavy atom. The van der Waals surface area contributed by atoms with Crippen LogP contribution in [0.3, 0.4) is 0 Å². The fourth-order valence-electron chi connectivity index (χ4n) is 7.00. The maximum Gasteiger partial charge on any atom is 0.311 e. The number of anilines is 1. The van der Waals surface area contributed by atoms with E-state index >= 15 is 0 Å². The molecule has 300 valence electrons. The third-order valence-corrected chi connectivity index (χ3v) is 11.5. The number of aryl methyl sites for hydroxylation is 1. The van der Waals surface area contributed by atoms with Gasteiger partial charge in [0, 0.05) is 30.8 Å². The van der Waals surface area contributed by atoms with Crippen LogP contribution in [0.5, 0.6) is 5.75 Å². The Morgan fingerprint density at radius 3 is 2.47 bits per heavy atom. The molecular weight excluding hydrogens is 715 g/mol. The Morgan fingerprint density at radius 1 is 1.05 bits per heavy atom. The van der Waals surface area contributed by atoms with E-state index in [1.807, 2.05) is 83.0 Å². The molecule has 1 aliphatic heterocycles. The highest BCUT2D eigenvalue weighted by Crippen LogP contribution is 2.31. The van der Waals surface area contributed by atoms with Crippen LogP contribution in [0.25, 0.3) is 0 Å². The van der Waals surface area contributed by atoms with E-state index in [-0.39, 0.29) is 53.5 Å². The zero-order valence-electron chi connectivity index (χ0n) is 33.7. The van der Waals surface area contributed by atoms with Crippen molar-refractivity contribution in [1.82, 2.24) is 20.1 Å². The number of aliphatic hydroxyl groups is 1. The number of rotatable bonds is 19. The van der Waals surface area contributed by atoms with Crippen LogP contribution in [0.15, 0.2) is 53.9 Å². The lowest BCUT2D eigenvalue weighted by Gasteiger charge is -2.40. The van der Waals surface area contributed by atoms with Crippen LogP contribution in [-0.4, -0.2) is 75.3 Å². The van der Waals surface area contributed by atoms with Crippen LogP contribution in [0, 0.1) is 18.8 Å². The van der Waals surface area contributed by atoms with Gasteiger partial charge in [0.25, 0.3) is 5.91 Å². The first-order valence-corrected chi connectivity index (χ1v) is 20.8. The van der Waals surface area contributed by atoms with Crippen molar-refractivity contribution in [3.05, 3.63) is 75.7 Å². The van der Waals surface area contributed by atoms with Gasteiger partial charge in [0.05, 0.1) is 11.7 Å².